The van der Waals surface area contributed by atoms with E-state index < -0.39 is 5.97 Å². The van der Waals surface area contributed by atoms with Crippen molar-refractivity contribution in [1.29, 1.82) is 0 Å². The van der Waals surface area contributed by atoms with Gasteiger partial charge in [0.2, 0.25) is 0 Å². The van der Waals surface area contributed by atoms with Crippen LogP contribution >= 0.6 is 0 Å². The maximum atomic E-state index is 11.2. The first kappa shape index (κ1) is 28.0. The van der Waals surface area contributed by atoms with Crippen LogP contribution in [-0.4, -0.2) is 25.8 Å². The first-order chi connectivity index (χ1) is 17.1. The summed E-state index contributed by atoms with van der Waals surface area (Å²) in [6.07, 6.45) is 8.25. The Morgan fingerprint density at radius 2 is 1.44 bits per heavy atom. The number of carbonyl (C=O) groups is 1. The number of carbonyl (C=O) groups excluding carboxylic acids is 1. The minimum Gasteiger partial charge on any atom is -0.490 e. The van der Waals surface area contributed by atoms with Gasteiger partial charge in [0.05, 0.1) is 5.60 Å². The lowest BCUT2D eigenvalue weighted by Crippen LogP contribution is -2.31. The summed E-state index contributed by atoms with van der Waals surface area (Å²) in [7, 11) is 0. The lowest BCUT2D eigenvalue weighted by atomic mass is 9.65. The van der Waals surface area contributed by atoms with Crippen LogP contribution in [0.25, 0.3) is 0 Å². The van der Waals surface area contributed by atoms with E-state index in [4.69, 9.17) is 14.2 Å². The number of hydrogen-bond acceptors (Lipinski definition) is 4. The zero-order chi connectivity index (χ0) is 26.2. The summed E-state index contributed by atoms with van der Waals surface area (Å²) < 4.78 is 17.1. The number of ether oxygens (including phenoxy) is 3. The summed E-state index contributed by atoms with van der Waals surface area (Å²) >= 11 is 0. The second kappa shape index (κ2) is 12.1. The Morgan fingerprint density at radius 1 is 0.861 bits per heavy atom. The molecule has 4 heteroatoms. The predicted octanol–water partition coefficient (Wildman–Crippen LogP) is 7.73. The molecule has 0 atom stereocenters. The van der Waals surface area contributed by atoms with E-state index in [9.17, 15) is 4.79 Å². The molecule has 4 nitrogen and oxygen atoms in total. The molecule has 0 heterocycles. The highest BCUT2D eigenvalue weighted by molar-refractivity contribution is 5.81. The molecule has 0 amide bonds. The predicted molar refractivity (Wildman–Crippen MR) is 146 cm³/mol. The smallest absolute Gasteiger partial charge is 0.330 e. The van der Waals surface area contributed by atoms with E-state index in [2.05, 4.69) is 77.6 Å². The number of hydrogen-bond donors (Lipinski definition) is 0. The Morgan fingerprint density at radius 3 is 2.00 bits per heavy atom. The van der Waals surface area contributed by atoms with Crippen LogP contribution in [0.5, 0.6) is 5.75 Å². The number of rotatable bonds is 11. The summed E-state index contributed by atoms with van der Waals surface area (Å²) in [5, 5.41) is 0. The van der Waals surface area contributed by atoms with Gasteiger partial charge in [-0.2, -0.15) is 0 Å². The van der Waals surface area contributed by atoms with Gasteiger partial charge in [0.1, 0.15) is 19.0 Å². The van der Waals surface area contributed by atoms with Crippen molar-refractivity contribution in [3.63, 3.8) is 0 Å². The molecule has 0 spiro atoms. The molecule has 0 radical (unpaired) electrons. The molecular formula is C32H44O4. The maximum absolute atomic E-state index is 11.2. The normalized spacial score (nSPS) is 15.8. The summed E-state index contributed by atoms with van der Waals surface area (Å²) in [4.78, 5) is 11.2. The maximum Gasteiger partial charge on any atom is 0.330 e. The van der Waals surface area contributed by atoms with Crippen LogP contribution in [0.15, 0.2) is 61.2 Å². The summed E-state index contributed by atoms with van der Waals surface area (Å²) in [6, 6.07) is 17.6. The summed E-state index contributed by atoms with van der Waals surface area (Å²) in [5.74, 6) is 0.350. The van der Waals surface area contributed by atoms with Crippen molar-refractivity contribution in [2.45, 2.75) is 84.2 Å². The highest BCUT2D eigenvalue weighted by atomic mass is 16.6. The molecule has 0 aromatic heterocycles. The van der Waals surface area contributed by atoms with E-state index in [0.29, 0.717) is 6.61 Å². The van der Waals surface area contributed by atoms with E-state index in [0.717, 1.165) is 37.7 Å². The molecule has 1 aliphatic carbocycles. The van der Waals surface area contributed by atoms with Crippen LogP contribution in [0, 0.1) is 5.41 Å². The zero-order valence-electron chi connectivity index (χ0n) is 22.9. The first-order valence-electron chi connectivity index (χ1n) is 13.3. The third kappa shape index (κ3) is 7.46. The van der Waals surface area contributed by atoms with Crippen LogP contribution in [-0.2, 0) is 25.3 Å². The standard InChI is InChI=1S/C32H44O4/c1-7-29(33)35-24-23-34-28-17-15-27(16-18-28)32(19-9-8-10-20-32)26-13-11-25(12-14-26)31(5,6)36-22-21-30(2,3)4/h7,11-18H,1,8-10,19-24H2,2-6H3. The van der Waals surface area contributed by atoms with Gasteiger partial charge in [-0.05, 0) is 67.3 Å². The number of benzene rings is 2. The Kier molecular flexibility index (Phi) is 9.41. The van der Waals surface area contributed by atoms with Crippen LogP contribution < -0.4 is 4.74 Å². The van der Waals surface area contributed by atoms with E-state index in [-0.39, 0.29) is 23.0 Å². The van der Waals surface area contributed by atoms with E-state index in [1.165, 1.54) is 36.0 Å². The molecular weight excluding hydrogens is 448 g/mol. The Hall–Kier alpha value is -2.59. The lowest BCUT2D eigenvalue weighted by Gasteiger charge is -2.39. The second-order valence-electron chi connectivity index (χ2n) is 11.6. The van der Waals surface area contributed by atoms with E-state index in [1.807, 2.05) is 12.1 Å². The van der Waals surface area contributed by atoms with Crippen molar-refractivity contribution in [3.05, 3.63) is 77.9 Å². The first-order valence-corrected chi connectivity index (χ1v) is 13.3. The van der Waals surface area contributed by atoms with Gasteiger partial charge in [-0.1, -0.05) is 83.0 Å². The molecule has 0 N–H and O–H groups in total. The van der Waals surface area contributed by atoms with Crippen molar-refractivity contribution < 1.29 is 19.0 Å². The second-order valence-corrected chi connectivity index (χ2v) is 11.6. The van der Waals surface area contributed by atoms with E-state index in [1.54, 1.807) is 0 Å². The topological polar surface area (TPSA) is 44.8 Å². The van der Waals surface area contributed by atoms with Gasteiger partial charge in [0, 0.05) is 18.1 Å². The van der Waals surface area contributed by atoms with Crippen molar-refractivity contribution >= 4 is 5.97 Å². The summed E-state index contributed by atoms with van der Waals surface area (Å²) in [5.41, 5.74) is 3.90. The van der Waals surface area contributed by atoms with Crippen molar-refractivity contribution in [1.82, 2.24) is 0 Å². The van der Waals surface area contributed by atoms with Gasteiger partial charge in [0.25, 0.3) is 0 Å². The van der Waals surface area contributed by atoms with Crippen LogP contribution in [0.1, 0.15) is 89.8 Å². The number of esters is 1. The molecule has 0 unspecified atom stereocenters. The largest absolute Gasteiger partial charge is 0.490 e. The minimum atomic E-state index is -0.431. The fourth-order valence-electron chi connectivity index (χ4n) is 5.02. The fraction of sp³-hybridized carbons (Fsp3) is 0.531. The third-order valence-corrected chi connectivity index (χ3v) is 7.32. The van der Waals surface area contributed by atoms with Gasteiger partial charge >= 0.3 is 5.97 Å². The fourth-order valence-corrected chi connectivity index (χ4v) is 5.02. The van der Waals surface area contributed by atoms with Gasteiger partial charge in [-0.25, -0.2) is 4.79 Å². The Bertz CT molecular complexity index is 974. The van der Waals surface area contributed by atoms with Gasteiger partial charge in [-0.15, -0.1) is 0 Å². The molecule has 196 valence electrons. The van der Waals surface area contributed by atoms with Gasteiger partial charge in [-0.3, -0.25) is 0 Å². The zero-order valence-corrected chi connectivity index (χ0v) is 22.9. The van der Waals surface area contributed by atoms with Crippen LogP contribution in [0.2, 0.25) is 0 Å². The third-order valence-electron chi connectivity index (χ3n) is 7.32. The molecule has 2 aromatic carbocycles. The van der Waals surface area contributed by atoms with Crippen molar-refractivity contribution in [2.24, 2.45) is 5.41 Å². The Labute approximate surface area is 218 Å². The van der Waals surface area contributed by atoms with Gasteiger partial charge < -0.3 is 14.2 Å². The quantitative estimate of drug-likeness (QED) is 0.183. The SMILES string of the molecule is C=CC(=O)OCCOc1ccc(C2(c3ccc(C(C)(C)OCCC(C)(C)C)cc3)CCCCC2)cc1. The summed E-state index contributed by atoms with van der Waals surface area (Å²) in [6.45, 7) is 15.8. The highest BCUT2D eigenvalue weighted by Gasteiger charge is 2.36. The lowest BCUT2D eigenvalue weighted by molar-refractivity contribution is -0.138. The van der Waals surface area contributed by atoms with Crippen LogP contribution in [0.3, 0.4) is 0 Å². The molecule has 2 aromatic rings. The molecule has 36 heavy (non-hydrogen) atoms. The average Bonchev–Trinajstić information content (AvgIpc) is 2.86. The minimum absolute atomic E-state index is 0.0199. The average molecular weight is 493 g/mol. The molecule has 1 aliphatic rings. The molecule has 0 bridgehead atoms. The Balaban J connectivity index is 1.73. The molecule has 0 aliphatic heterocycles. The molecule has 1 saturated carbocycles. The molecule has 3 rings (SSSR count). The van der Waals surface area contributed by atoms with Gasteiger partial charge in [0.15, 0.2) is 0 Å². The van der Waals surface area contributed by atoms with E-state index >= 15 is 0 Å². The molecule has 1 fully saturated rings. The molecule has 0 saturated heterocycles. The van der Waals surface area contributed by atoms with Crippen molar-refractivity contribution in [2.75, 3.05) is 19.8 Å². The monoisotopic (exact) mass is 492 g/mol. The highest BCUT2D eigenvalue weighted by Crippen LogP contribution is 2.45. The van der Waals surface area contributed by atoms with Crippen molar-refractivity contribution in [3.8, 4) is 5.75 Å². The van der Waals surface area contributed by atoms with Crippen LogP contribution in [0.4, 0.5) is 0 Å².